The predicted molar refractivity (Wildman–Crippen MR) is 149 cm³/mol. The van der Waals surface area contributed by atoms with Crippen molar-refractivity contribution in [2.75, 3.05) is 6.61 Å². The number of hydrogen-bond acceptors (Lipinski definition) is 3. The third-order valence-corrected chi connectivity index (χ3v) is 10.7. The van der Waals surface area contributed by atoms with Gasteiger partial charge in [-0.3, -0.25) is 0 Å². The summed E-state index contributed by atoms with van der Waals surface area (Å²) in [7, 11) is -2.24. The zero-order valence-electron chi connectivity index (χ0n) is 20.2. The van der Waals surface area contributed by atoms with Crippen LogP contribution in [0.5, 0.6) is 0 Å². The Kier molecular flexibility index (Phi) is 7.11. The molecule has 36 heavy (non-hydrogen) atoms. The highest BCUT2D eigenvalue weighted by Gasteiger charge is 2.47. The third-order valence-electron chi connectivity index (χ3n) is 6.40. The van der Waals surface area contributed by atoms with Gasteiger partial charge in [0.25, 0.3) is 0 Å². The van der Waals surface area contributed by atoms with Crippen LogP contribution in [0.3, 0.4) is 0 Å². The van der Waals surface area contributed by atoms with Crippen LogP contribution >= 0.6 is 7.26 Å². The van der Waals surface area contributed by atoms with Crippen molar-refractivity contribution in [3.63, 3.8) is 0 Å². The molecule has 0 saturated heterocycles. The molecule has 1 heterocycles. The van der Waals surface area contributed by atoms with Gasteiger partial charge in [-0.05, 0) is 48.9 Å². The molecule has 0 bridgehead atoms. The van der Waals surface area contributed by atoms with Crippen molar-refractivity contribution < 1.29 is 13.9 Å². The van der Waals surface area contributed by atoms with E-state index >= 15 is 0 Å². The molecular formula is C32H28O3P+. The number of carbonyl (C=O) groups is 1. The van der Waals surface area contributed by atoms with Crippen molar-refractivity contribution in [1.29, 1.82) is 0 Å². The van der Waals surface area contributed by atoms with E-state index in [0.29, 0.717) is 24.1 Å². The number of carbonyl (C=O) groups excluding carboxylic acids is 1. The molecule has 5 aromatic rings. The molecule has 3 nitrogen and oxygen atoms in total. The zero-order chi connectivity index (χ0) is 24.8. The van der Waals surface area contributed by atoms with Gasteiger partial charge >= 0.3 is 5.97 Å². The number of benzene rings is 4. The van der Waals surface area contributed by atoms with Crippen LogP contribution in [0.4, 0.5) is 0 Å². The lowest BCUT2D eigenvalue weighted by molar-refractivity contribution is 0.0525. The van der Waals surface area contributed by atoms with E-state index in [-0.39, 0.29) is 5.97 Å². The molecule has 0 amide bonds. The average molecular weight is 492 g/mol. The molecule has 0 aliphatic carbocycles. The zero-order valence-corrected chi connectivity index (χ0v) is 21.1. The van der Waals surface area contributed by atoms with Crippen LogP contribution in [-0.4, -0.2) is 12.6 Å². The average Bonchev–Trinajstić information content (AvgIpc) is 3.37. The Balaban J connectivity index is 1.77. The van der Waals surface area contributed by atoms with Crippen LogP contribution in [-0.2, 0) is 10.9 Å². The Morgan fingerprint density at radius 3 is 1.58 bits per heavy atom. The molecule has 178 valence electrons. The molecule has 0 fully saturated rings. The predicted octanol–water partition coefficient (Wildman–Crippen LogP) is 6.62. The normalized spacial score (nSPS) is 11.2. The SMILES string of the molecule is CCOC(=O)c1c(-c2ccccc2)coc1C[P+](c1ccccc1)(c1ccccc1)c1ccccc1. The van der Waals surface area contributed by atoms with Gasteiger partial charge in [0.2, 0.25) is 0 Å². The second kappa shape index (κ2) is 10.8. The minimum absolute atomic E-state index is 0.300. The van der Waals surface area contributed by atoms with Gasteiger partial charge in [0, 0.05) is 5.56 Å². The van der Waals surface area contributed by atoms with Gasteiger partial charge in [-0.2, -0.15) is 0 Å². The summed E-state index contributed by atoms with van der Waals surface area (Å²) in [5, 5.41) is 3.69. The summed E-state index contributed by atoms with van der Waals surface area (Å²) >= 11 is 0. The van der Waals surface area contributed by atoms with Crippen molar-refractivity contribution >= 4 is 29.1 Å². The smallest absolute Gasteiger partial charge is 0.342 e. The number of esters is 1. The van der Waals surface area contributed by atoms with Gasteiger partial charge < -0.3 is 9.15 Å². The van der Waals surface area contributed by atoms with Gasteiger partial charge in [0.15, 0.2) is 5.76 Å². The Morgan fingerprint density at radius 1 is 0.694 bits per heavy atom. The highest BCUT2D eigenvalue weighted by molar-refractivity contribution is 7.95. The first-order chi connectivity index (χ1) is 17.7. The first kappa shape index (κ1) is 23.8. The molecule has 0 N–H and O–H groups in total. The highest BCUT2D eigenvalue weighted by atomic mass is 31.2. The largest absolute Gasteiger partial charge is 0.464 e. The highest BCUT2D eigenvalue weighted by Crippen LogP contribution is 2.59. The Bertz CT molecular complexity index is 1320. The number of rotatable bonds is 8. The molecule has 0 unspecified atom stereocenters. The molecule has 0 aliphatic heterocycles. The standard InChI is InChI=1S/C32H28O3P/c1-2-34-32(33)31-29(25-15-7-3-8-16-25)23-35-30(31)24-36(26-17-9-4-10-18-26,27-19-11-5-12-20-27)28-21-13-6-14-22-28/h3-23H,2,24H2,1H3/q+1. The number of furan rings is 1. The van der Waals surface area contributed by atoms with E-state index in [1.54, 1.807) is 6.26 Å². The molecular weight excluding hydrogens is 463 g/mol. The van der Waals surface area contributed by atoms with E-state index in [1.807, 2.05) is 55.5 Å². The molecule has 5 rings (SSSR count). The fourth-order valence-corrected chi connectivity index (χ4v) is 8.90. The van der Waals surface area contributed by atoms with Crippen LogP contribution in [0.25, 0.3) is 11.1 Å². The number of ether oxygens (including phenoxy) is 1. The van der Waals surface area contributed by atoms with E-state index in [2.05, 4.69) is 72.8 Å². The molecule has 4 aromatic carbocycles. The summed E-state index contributed by atoms with van der Waals surface area (Å²) < 4.78 is 11.8. The van der Waals surface area contributed by atoms with Crippen LogP contribution in [0.15, 0.2) is 132 Å². The maximum Gasteiger partial charge on any atom is 0.342 e. The van der Waals surface area contributed by atoms with Crippen molar-refractivity contribution in [2.45, 2.75) is 13.1 Å². The second-order valence-electron chi connectivity index (χ2n) is 8.51. The maximum absolute atomic E-state index is 13.3. The van der Waals surface area contributed by atoms with E-state index < -0.39 is 7.26 Å². The topological polar surface area (TPSA) is 39.4 Å². The fraction of sp³-hybridized carbons (Fsp3) is 0.0938. The summed E-state index contributed by atoms with van der Waals surface area (Å²) in [6.07, 6.45) is 2.26. The quantitative estimate of drug-likeness (QED) is 0.181. The molecule has 0 aliphatic rings. The van der Waals surface area contributed by atoms with Gasteiger partial charge in [0.1, 0.15) is 34.9 Å². The third kappa shape index (κ3) is 4.51. The first-order valence-corrected chi connectivity index (χ1v) is 14.1. The van der Waals surface area contributed by atoms with E-state index in [4.69, 9.17) is 9.15 Å². The second-order valence-corrected chi connectivity index (χ2v) is 12.0. The Labute approximate surface area is 212 Å². The molecule has 4 heteroatoms. The molecule has 0 saturated carbocycles. The van der Waals surface area contributed by atoms with Gasteiger partial charge in [-0.1, -0.05) is 84.9 Å². The van der Waals surface area contributed by atoms with Gasteiger partial charge in [-0.15, -0.1) is 0 Å². The van der Waals surface area contributed by atoms with E-state index in [0.717, 1.165) is 11.1 Å². The lowest BCUT2D eigenvalue weighted by atomic mass is 10.0. The lowest BCUT2D eigenvalue weighted by Crippen LogP contribution is -2.32. The monoisotopic (exact) mass is 491 g/mol. The van der Waals surface area contributed by atoms with E-state index in [9.17, 15) is 4.79 Å². The van der Waals surface area contributed by atoms with Gasteiger partial charge in [0.05, 0.1) is 12.9 Å². The van der Waals surface area contributed by atoms with Crippen molar-refractivity contribution in [2.24, 2.45) is 0 Å². The summed E-state index contributed by atoms with van der Waals surface area (Å²) in [6.45, 7) is 2.13. The lowest BCUT2D eigenvalue weighted by Gasteiger charge is -2.27. The van der Waals surface area contributed by atoms with Gasteiger partial charge in [-0.25, -0.2) is 4.79 Å². The van der Waals surface area contributed by atoms with Crippen molar-refractivity contribution in [3.05, 3.63) is 139 Å². The summed E-state index contributed by atoms with van der Waals surface area (Å²) in [4.78, 5) is 13.3. The van der Waals surface area contributed by atoms with Crippen LogP contribution in [0.2, 0.25) is 0 Å². The van der Waals surface area contributed by atoms with Crippen molar-refractivity contribution in [1.82, 2.24) is 0 Å². The Hall–Kier alpha value is -3.94. The summed E-state index contributed by atoms with van der Waals surface area (Å²) in [5.74, 6) is 0.296. The van der Waals surface area contributed by atoms with Crippen molar-refractivity contribution in [3.8, 4) is 11.1 Å². The summed E-state index contributed by atoms with van der Waals surface area (Å²) in [5.41, 5.74) is 2.20. The van der Waals surface area contributed by atoms with Crippen LogP contribution in [0, 0.1) is 0 Å². The minimum atomic E-state index is -2.24. The molecule has 0 spiro atoms. The van der Waals surface area contributed by atoms with E-state index in [1.165, 1.54) is 15.9 Å². The van der Waals surface area contributed by atoms with Crippen LogP contribution in [0.1, 0.15) is 23.0 Å². The maximum atomic E-state index is 13.3. The molecule has 0 radical (unpaired) electrons. The minimum Gasteiger partial charge on any atom is -0.464 e. The van der Waals surface area contributed by atoms with Crippen LogP contribution < -0.4 is 15.9 Å². The molecule has 1 aromatic heterocycles. The fourth-order valence-electron chi connectivity index (χ4n) is 4.76. The molecule has 0 atom stereocenters. The first-order valence-electron chi connectivity index (χ1n) is 12.1. The summed E-state index contributed by atoms with van der Waals surface area (Å²) in [6, 6.07) is 41.7. The Morgan fingerprint density at radius 2 is 1.14 bits per heavy atom. The number of hydrogen-bond donors (Lipinski definition) is 0.